The predicted octanol–water partition coefficient (Wildman–Crippen LogP) is 3.19. The monoisotopic (exact) mass is 273 g/mol. The van der Waals surface area contributed by atoms with Gasteiger partial charge in [0.05, 0.1) is 0 Å². The van der Waals surface area contributed by atoms with Crippen molar-refractivity contribution in [1.29, 1.82) is 0 Å². The van der Waals surface area contributed by atoms with Gasteiger partial charge in [0.25, 0.3) is 5.89 Å². The van der Waals surface area contributed by atoms with Gasteiger partial charge in [0.2, 0.25) is 5.82 Å². The van der Waals surface area contributed by atoms with Crippen molar-refractivity contribution in [2.24, 2.45) is 0 Å². The quantitative estimate of drug-likeness (QED) is 0.906. The third-order valence-electron chi connectivity index (χ3n) is 3.63. The molecule has 1 aromatic heterocycles. The number of benzene rings is 1. The Morgan fingerprint density at radius 1 is 1.45 bits per heavy atom. The fourth-order valence-corrected chi connectivity index (χ4v) is 2.54. The molecule has 5 heteroatoms. The summed E-state index contributed by atoms with van der Waals surface area (Å²) < 4.78 is 10.8. The average molecular weight is 273 g/mol. The Kier molecular flexibility index (Phi) is 3.69. The largest absolute Gasteiger partial charge is 0.384 e. The van der Waals surface area contributed by atoms with E-state index in [9.17, 15) is 0 Å². The molecule has 1 unspecified atom stereocenters. The number of fused-ring (bicyclic) bond motifs is 1. The lowest BCUT2D eigenvalue weighted by Crippen LogP contribution is -2.03. The van der Waals surface area contributed by atoms with Gasteiger partial charge < -0.3 is 14.6 Å². The number of rotatable bonds is 5. The van der Waals surface area contributed by atoms with Crippen molar-refractivity contribution >= 4 is 5.69 Å². The molecule has 0 saturated heterocycles. The second kappa shape index (κ2) is 5.63. The highest BCUT2D eigenvalue weighted by molar-refractivity contribution is 5.64. The fourth-order valence-electron chi connectivity index (χ4n) is 2.54. The normalized spacial score (nSPS) is 14.9. The van der Waals surface area contributed by atoms with E-state index in [-0.39, 0.29) is 6.10 Å². The highest BCUT2D eigenvalue weighted by Gasteiger charge is 2.19. The van der Waals surface area contributed by atoms with E-state index in [1.54, 1.807) is 7.11 Å². The smallest absolute Gasteiger partial charge is 0.258 e. The SMILES string of the molecule is CCCC(OC)c1noc(-c2ccc3c(c2)CCN3)n1. The summed E-state index contributed by atoms with van der Waals surface area (Å²) in [7, 11) is 1.68. The third-order valence-corrected chi connectivity index (χ3v) is 3.63. The zero-order chi connectivity index (χ0) is 13.9. The summed E-state index contributed by atoms with van der Waals surface area (Å²) in [6, 6.07) is 6.20. The van der Waals surface area contributed by atoms with Crippen molar-refractivity contribution in [3.05, 3.63) is 29.6 Å². The van der Waals surface area contributed by atoms with Crippen molar-refractivity contribution in [3.63, 3.8) is 0 Å². The van der Waals surface area contributed by atoms with Crippen LogP contribution in [-0.4, -0.2) is 23.8 Å². The van der Waals surface area contributed by atoms with Gasteiger partial charge in [0.15, 0.2) is 0 Å². The second-order valence-electron chi connectivity index (χ2n) is 5.02. The van der Waals surface area contributed by atoms with Crippen molar-refractivity contribution in [2.45, 2.75) is 32.3 Å². The molecule has 20 heavy (non-hydrogen) atoms. The van der Waals surface area contributed by atoms with E-state index >= 15 is 0 Å². The van der Waals surface area contributed by atoms with Crippen LogP contribution in [0.1, 0.15) is 37.3 Å². The van der Waals surface area contributed by atoms with Gasteiger partial charge in [0, 0.05) is 24.9 Å². The van der Waals surface area contributed by atoms with E-state index in [0.717, 1.165) is 31.4 Å². The van der Waals surface area contributed by atoms with Crippen LogP contribution in [-0.2, 0) is 11.2 Å². The van der Waals surface area contributed by atoms with Gasteiger partial charge >= 0.3 is 0 Å². The Balaban J connectivity index is 1.86. The Morgan fingerprint density at radius 3 is 3.15 bits per heavy atom. The topological polar surface area (TPSA) is 60.2 Å². The lowest BCUT2D eigenvalue weighted by molar-refractivity contribution is 0.0854. The molecule has 0 bridgehead atoms. The van der Waals surface area contributed by atoms with Crippen LogP contribution in [0.15, 0.2) is 22.7 Å². The maximum atomic E-state index is 5.40. The molecule has 1 aliphatic rings. The van der Waals surface area contributed by atoms with E-state index in [2.05, 4.69) is 34.5 Å². The van der Waals surface area contributed by atoms with Crippen LogP contribution in [0.4, 0.5) is 5.69 Å². The lowest BCUT2D eigenvalue weighted by atomic mass is 10.1. The Bertz CT molecular complexity index is 595. The highest BCUT2D eigenvalue weighted by atomic mass is 16.5. The number of hydrogen-bond acceptors (Lipinski definition) is 5. The molecule has 106 valence electrons. The number of aromatic nitrogens is 2. The first-order chi connectivity index (χ1) is 9.81. The lowest BCUT2D eigenvalue weighted by Gasteiger charge is -2.08. The third kappa shape index (κ3) is 2.41. The minimum Gasteiger partial charge on any atom is -0.384 e. The Hall–Kier alpha value is -1.88. The molecule has 0 spiro atoms. The number of nitrogens with zero attached hydrogens (tertiary/aromatic N) is 2. The number of anilines is 1. The van der Waals surface area contributed by atoms with Gasteiger partial charge in [-0.15, -0.1) is 0 Å². The number of ether oxygens (including phenoxy) is 1. The summed E-state index contributed by atoms with van der Waals surface area (Å²) in [5.41, 5.74) is 3.48. The molecule has 1 N–H and O–H groups in total. The molecule has 0 radical (unpaired) electrons. The van der Waals surface area contributed by atoms with E-state index in [1.807, 2.05) is 6.07 Å². The molecule has 5 nitrogen and oxygen atoms in total. The summed E-state index contributed by atoms with van der Waals surface area (Å²) in [5.74, 6) is 1.19. The van der Waals surface area contributed by atoms with Crippen molar-refractivity contribution < 1.29 is 9.26 Å². The Morgan fingerprint density at radius 2 is 2.35 bits per heavy atom. The molecular weight excluding hydrogens is 254 g/mol. The van der Waals surface area contributed by atoms with Crippen LogP contribution in [0, 0.1) is 0 Å². The molecule has 3 rings (SSSR count). The van der Waals surface area contributed by atoms with Crippen molar-refractivity contribution in [2.75, 3.05) is 19.0 Å². The van der Waals surface area contributed by atoms with Crippen molar-refractivity contribution in [1.82, 2.24) is 10.1 Å². The maximum Gasteiger partial charge on any atom is 0.258 e. The summed E-state index contributed by atoms with van der Waals surface area (Å²) in [6.07, 6.45) is 2.87. The summed E-state index contributed by atoms with van der Waals surface area (Å²) in [6.45, 7) is 3.11. The van der Waals surface area contributed by atoms with Gasteiger partial charge in [-0.25, -0.2) is 0 Å². The fraction of sp³-hybridized carbons (Fsp3) is 0.467. The molecular formula is C15H19N3O2. The van der Waals surface area contributed by atoms with Gasteiger partial charge in [-0.3, -0.25) is 0 Å². The number of methoxy groups -OCH3 is 1. The van der Waals surface area contributed by atoms with Crippen LogP contribution in [0.5, 0.6) is 0 Å². The van der Waals surface area contributed by atoms with Crippen LogP contribution in [0.25, 0.3) is 11.5 Å². The summed E-state index contributed by atoms with van der Waals surface area (Å²) in [5, 5.41) is 7.39. The molecule has 2 heterocycles. The van der Waals surface area contributed by atoms with Gasteiger partial charge in [-0.1, -0.05) is 18.5 Å². The predicted molar refractivity (Wildman–Crippen MR) is 76.6 cm³/mol. The first-order valence-electron chi connectivity index (χ1n) is 7.05. The van der Waals surface area contributed by atoms with E-state index in [4.69, 9.17) is 9.26 Å². The molecule has 0 amide bonds. The summed E-state index contributed by atoms with van der Waals surface area (Å²) in [4.78, 5) is 4.47. The molecule has 1 aliphatic heterocycles. The molecule has 0 fully saturated rings. The van der Waals surface area contributed by atoms with Crippen LogP contribution < -0.4 is 5.32 Å². The zero-order valence-electron chi connectivity index (χ0n) is 11.8. The molecule has 2 aromatic rings. The standard InChI is InChI=1S/C15H19N3O2/c1-3-4-13(19-2)14-17-15(20-18-14)11-5-6-12-10(9-11)7-8-16-12/h5-6,9,13,16H,3-4,7-8H2,1-2H3. The van der Waals surface area contributed by atoms with Crippen LogP contribution in [0.2, 0.25) is 0 Å². The first-order valence-corrected chi connectivity index (χ1v) is 7.05. The van der Waals surface area contributed by atoms with Gasteiger partial charge in [-0.2, -0.15) is 4.98 Å². The minimum atomic E-state index is -0.0893. The molecule has 0 saturated carbocycles. The molecule has 1 atom stereocenters. The van der Waals surface area contributed by atoms with Crippen LogP contribution >= 0.6 is 0 Å². The molecule has 1 aromatic carbocycles. The zero-order valence-corrected chi connectivity index (χ0v) is 11.8. The van der Waals surface area contributed by atoms with Crippen LogP contribution in [0.3, 0.4) is 0 Å². The first kappa shape index (κ1) is 13.1. The number of hydrogen-bond donors (Lipinski definition) is 1. The summed E-state index contributed by atoms with van der Waals surface area (Å²) >= 11 is 0. The average Bonchev–Trinajstić information content (AvgIpc) is 3.12. The number of nitrogens with one attached hydrogen (secondary N) is 1. The van der Waals surface area contributed by atoms with Gasteiger partial charge in [-0.05, 0) is 36.6 Å². The van der Waals surface area contributed by atoms with E-state index in [1.165, 1.54) is 11.3 Å². The maximum absolute atomic E-state index is 5.40. The molecule has 0 aliphatic carbocycles. The minimum absolute atomic E-state index is 0.0893. The second-order valence-corrected chi connectivity index (χ2v) is 5.02. The van der Waals surface area contributed by atoms with Crippen molar-refractivity contribution in [3.8, 4) is 11.5 Å². The van der Waals surface area contributed by atoms with E-state index in [0.29, 0.717) is 11.7 Å². The van der Waals surface area contributed by atoms with Gasteiger partial charge in [0.1, 0.15) is 6.10 Å². The highest BCUT2D eigenvalue weighted by Crippen LogP contribution is 2.29. The Labute approximate surface area is 118 Å². The van der Waals surface area contributed by atoms with E-state index < -0.39 is 0 Å².